The van der Waals surface area contributed by atoms with Gasteiger partial charge in [-0.15, -0.1) is 0 Å². The van der Waals surface area contributed by atoms with Crippen LogP contribution in [-0.2, 0) is 11.3 Å². The number of benzene rings is 2. The monoisotopic (exact) mass is 349 g/mol. The first-order valence-corrected chi connectivity index (χ1v) is 7.92. The van der Waals surface area contributed by atoms with Crippen molar-refractivity contribution < 1.29 is 19.7 Å². The van der Waals surface area contributed by atoms with Crippen molar-refractivity contribution in [3.63, 3.8) is 0 Å². The van der Waals surface area contributed by atoms with E-state index in [0.717, 1.165) is 11.1 Å². The maximum absolute atomic E-state index is 11.6. The van der Waals surface area contributed by atoms with Crippen LogP contribution in [0.2, 0.25) is 5.02 Å². The van der Waals surface area contributed by atoms with Gasteiger partial charge >= 0.3 is 6.09 Å². The lowest BCUT2D eigenvalue weighted by Gasteiger charge is -2.20. The van der Waals surface area contributed by atoms with Gasteiger partial charge in [0.25, 0.3) is 0 Å². The number of alkyl carbamates (subject to hydrolysis) is 1. The van der Waals surface area contributed by atoms with Crippen molar-refractivity contribution in [3.8, 4) is 0 Å². The smallest absolute Gasteiger partial charge is 0.407 e. The Labute approximate surface area is 145 Å². The highest BCUT2D eigenvalue weighted by atomic mass is 35.5. The summed E-state index contributed by atoms with van der Waals surface area (Å²) in [7, 11) is 0. The summed E-state index contributed by atoms with van der Waals surface area (Å²) < 4.78 is 5.04. The molecule has 3 N–H and O–H groups in total. The molecule has 128 valence electrons. The molecule has 5 nitrogen and oxygen atoms in total. The molecule has 24 heavy (non-hydrogen) atoms. The first-order chi connectivity index (χ1) is 11.5. The normalized spacial score (nSPS) is 13.2. The number of hydrogen-bond acceptors (Lipinski definition) is 4. The van der Waals surface area contributed by atoms with Crippen molar-refractivity contribution in [3.05, 3.63) is 70.2 Å². The number of rotatable bonds is 6. The van der Waals surface area contributed by atoms with Crippen LogP contribution in [0.5, 0.6) is 0 Å². The molecule has 0 spiro atoms. The molecule has 2 rings (SSSR count). The van der Waals surface area contributed by atoms with Crippen molar-refractivity contribution in [1.82, 2.24) is 5.32 Å². The van der Waals surface area contributed by atoms with Crippen LogP contribution in [0.3, 0.4) is 0 Å². The average molecular weight is 350 g/mol. The molecule has 0 radical (unpaired) electrons. The van der Waals surface area contributed by atoms with E-state index in [-0.39, 0.29) is 13.2 Å². The lowest BCUT2D eigenvalue weighted by Crippen LogP contribution is -2.36. The molecule has 2 unspecified atom stereocenters. The van der Waals surface area contributed by atoms with Crippen LogP contribution in [0.1, 0.15) is 22.8 Å². The zero-order chi connectivity index (χ0) is 17.5. The SMILES string of the molecule is Cc1cc(Cl)ccc1C(O)C(O)CNC(=O)OCc1ccccc1. The third-order valence-corrected chi connectivity index (χ3v) is 3.82. The summed E-state index contributed by atoms with van der Waals surface area (Å²) >= 11 is 5.87. The number of aliphatic hydroxyl groups is 2. The van der Waals surface area contributed by atoms with Crippen molar-refractivity contribution >= 4 is 17.7 Å². The Balaban J connectivity index is 1.81. The molecule has 0 aliphatic carbocycles. The number of nitrogens with one attached hydrogen (secondary N) is 1. The Bertz CT molecular complexity index is 678. The van der Waals surface area contributed by atoms with Crippen LogP contribution >= 0.6 is 11.6 Å². The zero-order valence-electron chi connectivity index (χ0n) is 13.3. The number of amides is 1. The summed E-state index contributed by atoms with van der Waals surface area (Å²) in [5.41, 5.74) is 2.19. The summed E-state index contributed by atoms with van der Waals surface area (Å²) in [5.74, 6) is 0. The van der Waals surface area contributed by atoms with Gasteiger partial charge in [-0.2, -0.15) is 0 Å². The fourth-order valence-electron chi connectivity index (χ4n) is 2.25. The fraction of sp³-hybridized carbons (Fsp3) is 0.278. The Morgan fingerprint density at radius 1 is 1.21 bits per heavy atom. The fourth-order valence-corrected chi connectivity index (χ4v) is 2.48. The molecule has 1 amide bonds. The Morgan fingerprint density at radius 3 is 2.58 bits per heavy atom. The Hall–Kier alpha value is -2.08. The minimum absolute atomic E-state index is 0.128. The van der Waals surface area contributed by atoms with Crippen molar-refractivity contribution in [1.29, 1.82) is 0 Å². The van der Waals surface area contributed by atoms with Crippen LogP contribution in [0.25, 0.3) is 0 Å². The third kappa shape index (κ3) is 5.23. The van der Waals surface area contributed by atoms with Gasteiger partial charge in [-0.3, -0.25) is 0 Å². The van der Waals surface area contributed by atoms with Crippen LogP contribution in [0.15, 0.2) is 48.5 Å². The van der Waals surface area contributed by atoms with E-state index in [0.29, 0.717) is 10.6 Å². The van der Waals surface area contributed by atoms with E-state index in [1.165, 1.54) is 0 Å². The number of ether oxygens (including phenoxy) is 1. The third-order valence-electron chi connectivity index (χ3n) is 3.58. The van der Waals surface area contributed by atoms with Gasteiger partial charge in [0.1, 0.15) is 18.8 Å². The van der Waals surface area contributed by atoms with Crippen LogP contribution in [-0.4, -0.2) is 29.0 Å². The zero-order valence-corrected chi connectivity index (χ0v) is 14.0. The molecule has 0 saturated carbocycles. The van der Waals surface area contributed by atoms with Gasteiger partial charge in [-0.05, 0) is 35.7 Å². The van der Waals surface area contributed by atoms with E-state index in [4.69, 9.17) is 16.3 Å². The van der Waals surface area contributed by atoms with E-state index in [1.54, 1.807) is 25.1 Å². The van der Waals surface area contributed by atoms with Crippen LogP contribution in [0.4, 0.5) is 4.79 Å². The second kappa shape index (κ2) is 8.68. The summed E-state index contributed by atoms with van der Waals surface area (Å²) in [4.78, 5) is 11.6. The molecule has 0 aromatic heterocycles. The van der Waals surface area contributed by atoms with Gasteiger partial charge in [0.05, 0.1) is 0 Å². The Morgan fingerprint density at radius 2 is 1.92 bits per heavy atom. The number of hydrogen-bond donors (Lipinski definition) is 3. The molecular formula is C18H20ClNO4. The minimum Gasteiger partial charge on any atom is -0.445 e. The largest absolute Gasteiger partial charge is 0.445 e. The van der Waals surface area contributed by atoms with E-state index >= 15 is 0 Å². The molecule has 0 fully saturated rings. The quantitative estimate of drug-likeness (QED) is 0.749. The molecule has 0 aliphatic heterocycles. The number of aliphatic hydroxyl groups excluding tert-OH is 2. The first kappa shape index (κ1) is 18.3. The minimum atomic E-state index is -1.16. The number of halogens is 1. The second-order valence-corrected chi connectivity index (χ2v) is 5.89. The standard InChI is InChI=1S/C18H20ClNO4/c1-12-9-14(19)7-8-15(12)17(22)16(21)10-20-18(23)24-11-13-5-3-2-4-6-13/h2-9,16-17,21-22H,10-11H2,1H3,(H,20,23). The van der Waals surface area contributed by atoms with E-state index in [9.17, 15) is 15.0 Å². The van der Waals surface area contributed by atoms with Gasteiger partial charge in [0, 0.05) is 11.6 Å². The summed E-state index contributed by atoms with van der Waals surface area (Å²) in [5, 5.41) is 23.2. The summed E-state index contributed by atoms with van der Waals surface area (Å²) in [6.45, 7) is 1.80. The maximum Gasteiger partial charge on any atom is 0.407 e. The van der Waals surface area contributed by atoms with Gasteiger partial charge < -0.3 is 20.3 Å². The average Bonchev–Trinajstić information content (AvgIpc) is 2.58. The molecule has 2 atom stereocenters. The first-order valence-electron chi connectivity index (χ1n) is 7.54. The highest BCUT2D eigenvalue weighted by Gasteiger charge is 2.21. The summed E-state index contributed by atoms with van der Waals surface area (Å²) in [6, 6.07) is 14.3. The van der Waals surface area contributed by atoms with Crippen molar-refractivity contribution in [2.75, 3.05) is 6.54 Å². The van der Waals surface area contributed by atoms with Gasteiger partial charge in [-0.25, -0.2) is 4.79 Å². The number of carbonyl (C=O) groups excluding carboxylic acids is 1. The molecule has 0 heterocycles. The van der Waals surface area contributed by atoms with Crippen molar-refractivity contribution in [2.24, 2.45) is 0 Å². The van der Waals surface area contributed by atoms with Gasteiger partial charge in [-0.1, -0.05) is 48.0 Å². The lowest BCUT2D eigenvalue weighted by molar-refractivity contribution is 0.0180. The molecular weight excluding hydrogens is 330 g/mol. The summed E-state index contributed by atoms with van der Waals surface area (Å²) in [6.07, 6.45) is -2.94. The highest BCUT2D eigenvalue weighted by Crippen LogP contribution is 2.23. The molecule has 2 aromatic rings. The van der Waals surface area contributed by atoms with E-state index in [2.05, 4.69) is 5.32 Å². The van der Waals surface area contributed by atoms with Gasteiger partial charge in [0.15, 0.2) is 0 Å². The molecule has 0 saturated heterocycles. The molecule has 2 aromatic carbocycles. The lowest BCUT2D eigenvalue weighted by atomic mass is 9.99. The predicted molar refractivity (Wildman–Crippen MR) is 91.8 cm³/mol. The molecule has 0 bridgehead atoms. The topological polar surface area (TPSA) is 78.8 Å². The number of aryl methyl sites for hydroxylation is 1. The van der Waals surface area contributed by atoms with Crippen LogP contribution in [0, 0.1) is 6.92 Å². The van der Waals surface area contributed by atoms with Crippen molar-refractivity contribution in [2.45, 2.75) is 25.7 Å². The second-order valence-electron chi connectivity index (χ2n) is 5.46. The number of carbonyl (C=O) groups is 1. The molecule has 0 aliphatic rings. The van der Waals surface area contributed by atoms with E-state index in [1.807, 2.05) is 30.3 Å². The maximum atomic E-state index is 11.6. The molecule has 6 heteroatoms. The van der Waals surface area contributed by atoms with E-state index < -0.39 is 18.3 Å². The predicted octanol–water partition coefficient (Wildman–Crippen LogP) is 2.97. The Kier molecular flexibility index (Phi) is 6.61. The highest BCUT2D eigenvalue weighted by molar-refractivity contribution is 6.30. The van der Waals surface area contributed by atoms with Crippen LogP contribution < -0.4 is 5.32 Å². The van der Waals surface area contributed by atoms with Gasteiger partial charge in [0.2, 0.25) is 0 Å².